The molecule has 0 aliphatic carbocycles. The zero-order valence-corrected chi connectivity index (χ0v) is 9.45. The summed E-state index contributed by atoms with van der Waals surface area (Å²) in [6, 6.07) is 14.4. The van der Waals surface area contributed by atoms with Crippen molar-refractivity contribution in [3.63, 3.8) is 0 Å². The van der Waals surface area contributed by atoms with Crippen LogP contribution in [0.2, 0.25) is 0 Å². The minimum Gasteiger partial charge on any atom is -0.508 e. The summed E-state index contributed by atoms with van der Waals surface area (Å²) in [5.74, 6) is 0.322. The van der Waals surface area contributed by atoms with Crippen LogP contribution in [0, 0.1) is 0 Å². The number of hydrogen-bond donors (Lipinski definition) is 1. The molecule has 0 saturated heterocycles. The van der Waals surface area contributed by atoms with E-state index in [1.807, 2.05) is 31.2 Å². The van der Waals surface area contributed by atoms with Crippen molar-refractivity contribution in [3.05, 3.63) is 73.6 Å². The molecule has 0 bridgehead atoms. The fourth-order valence-corrected chi connectivity index (χ4v) is 0.741. The highest BCUT2D eigenvalue weighted by molar-refractivity contribution is 5.18. The predicted molar refractivity (Wildman–Crippen MR) is 68.2 cm³/mol. The lowest BCUT2D eigenvalue weighted by Crippen LogP contribution is -1.58. The van der Waals surface area contributed by atoms with Gasteiger partial charge < -0.3 is 5.11 Å². The zero-order valence-electron chi connectivity index (χ0n) is 9.45. The lowest BCUT2D eigenvalue weighted by molar-refractivity contribution is 0.475. The second kappa shape index (κ2) is 11.0. The topological polar surface area (TPSA) is 33.1 Å². The number of aromatic nitrogens is 1. The molecule has 0 aliphatic rings. The van der Waals surface area contributed by atoms with Crippen LogP contribution in [0.1, 0.15) is 6.92 Å². The molecule has 0 atom stereocenters. The van der Waals surface area contributed by atoms with Gasteiger partial charge in [-0.05, 0) is 31.2 Å². The molecule has 0 amide bonds. The fourth-order valence-electron chi connectivity index (χ4n) is 0.741. The summed E-state index contributed by atoms with van der Waals surface area (Å²) in [5.41, 5.74) is 0. The Morgan fingerprint density at radius 3 is 1.62 bits per heavy atom. The van der Waals surface area contributed by atoms with E-state index in [0.717, 1.165) is 0 Å². The van der Waals surface area contributed by atoms with E-state index in [2.05, 4.69) is 11.6 Å². The summed E-state index contributed by atoms with van der Waals surface area (Å²) in [6.07, 6.45) is 5.25. The van der Waals surface area contributed by atoms with Gasteiger partial charge in [-0.25, -0.2) is 0 Å². The average molecular weight is 215 g/mol. The Labute approximate surface area is 96.9 Å². The molecule has 2 aromatic rings. The summed E-state index contributed by atoms with van der Waals surface area (Å²) in [5, 5.41) is 8.63. The van der Waals surface area contributed by atoms with Gasteiger partial charge in [0.1, 0.15) is 5.75 Å². The van der Waals surface area contributed by atoms with Gasteiger partial charge in [-0.2, -0.15) is 0 Å². The maximum Gasteiger partial charge on any atom is 0.115 e. The Morgan fingerprint density at radius 1 is 1.00 bits per heavy atom. The first-order chi connectivity index (χ1) is 7.81. The van der Waals surface area contributed by atoms with Crippen molar-refractivity contribution in [2.45, 2.75) is 6.92 Å². The summed E-state index contributed by atoms with van der Waals surface area (Å²) in [4.78, 5) is 3.78. The molecule has 2 nitrogen and oxygen atoms in total. The van der Waals surface area contributed by atoms with Crippen molar-refractivity contribution in [2.75, 3.05) is 0 Å². The third kappa shape index (κ3) is 9.99. The molecular weight excluding hydrogens is 198 g/mol. The standard InChI is InChI=1S/C6H6O.C5H5N.C3H6/c7-6-4-2-1-3-5-6;1-2-4-6-5-3-1;1-3-2/h1-5,7H;1-5H;3H,1H2,2H3. The molecule has 0 aliphatic heterocycles. The summed E-state index contributed by atoms with van der Waals surface area (Å²) in [7, 11) is 0. The predicted octanol–water partition coefficient (Wildman–Crippen LogP) is 3.67. The van der Waals surface area contributed by atoms with E-state index in [1.165, 1.54) is 0 Å². The van der Waals surface area contributed by atoms with Gasteiger partial charge >= 0.3 is 0 Å². The molecule has 0 unspecified atom stereocenters. The average Bonchev–Trinajstić information content (AvgIpc) is 2.34. The number of hydrogen-bond acceptors (Lipinski definition) is 2. The van der Waals surface area contributed by atoms with Gasteiger partial charge in [-0.3, -0.25) is 4.98 Å². The Hall–Kier alpha value is -2.09. The number of allylic oxidation sites excluding steroid dienone is 1. The molecule has 16 heavy (non-hydrogen) atoms. The molecule has 2 rings (SSSR count). The van der Waals surface area contributed by atoms with Gasteiger partial charge in [-0.1, -0.05) is 30.3 Å². The number of phenols is 1. The summed E-state index contributed by atoms with van der Waals surface area (Å²) < 4.78 is 0. The Balaban J connectivity index is 0.000000230. The van der Waals surface area contributed by atoms with Gasteiger partial charge in [0.2, 0.25) is 0 Å². The second-order valence-electron chi connectivity index (χ2n) is 2.77. The zero-order chi connectivity index (χ0) is 12.1. The van der Waals surface area contributed by atoms with Crippen LogP contribution in [-0.2, 0) is 0 Å². The number of pyridine rings is 1. The number of phenolic OH excluding ortho intramolecular Hbond substituents is 1. The largest absolute Gasteiger partial charge is 0.508 e. The van der Waals surface area contributed by atoms with Crippen molar-refractivity contribution in [1.82, 2.24) is 4.98 Å². The van der Waals surface area contributed by atoms with Crippen molar-refractivity contribution in [3.8, 4) is 5.75 Å². The SMILES string of the molecule is C=CC.Oc1ccccc1.c1ccncc1. The molecule has 84 valence electrons. The van der Waals surface area contributed by atoms with Crippen LogP contribution in [0.4, 0.5) is 0 Å². The normalized spacial score (nSPS) is 7.56. The minimum atomic E-state index is 0.322. The number of rotatable bonds is 0. The van der Waals surface area contributed by atoms with Gasteiger partial charge in [-0.15, -0.1) is 6.58 Å². The van der Waals surface area contributed by atoms with Gasteiger partial charge in [0.05, 0.1) is 0 Å². The van der Waals surface area contributed by atoms with E-state index >= 15 is 0 Å². The van der Waals surface area contributed by atoms with Crippen LogP contribution in [-0.4, -0.2) is 10.1 Å². The Morgan fingerprint density at radius 2 is 1.44 bits per heavy atom. The highest BCUT2D eigenvalue weighted by Gasteiger charge is 1.74. The highest BCUT2D eigenvalue weighted by atomic mass is 16.3. The van der Waals surface area contributed by atoms with Gasteiger partial charge in [0.15, 0.2) is 0 Å². The maximum absolute atomic E-state index is 8.63. The molecule has 1 heterocycles. The number of benzene rings is 1. The monoisotopic (exact) mass is 215 g/mol. The number of aromatic hydroxyl groups is 1. The maximum atomic E-state index is 8.63. The summed E-state index contributed by atoms with van der Waals surface area (Å²) in [6.45, 7) is 5.25. The van der Waals surface area contributed by atoms with Crippen LogP contribution >= 0.6 is 0 Å². The quantitative estimate of drug-likeness (QED) is 0.680. The second-order valence-corrected chi connectivity index (χ2v) is 2.77. The van der Waals surface area contributed by atoms with E-state index in [-0.39, 0.29) is 0 Å². The molecule has 1 N–H and O–H groups in total. The number of para-hydroxylation sites is 1. The third-order valence-corrected chi connectivity index (χ3v) is 1.32. The third-order valence-electron chi connectivity index (χ3n) is 1.32. The van der Waals surface area contributed by atoms with Crippen molar-refractivity contribution >= 4 is 0 Å². The Bertz CT molecular complexity index is 319. The molecule has 1 aromatic heterocycles. The first-order valence-corrected chi connectivity index (χ1v) is 4.97. The van der Waals surface area contributed by atoms with E-state index in [9.17, 15) is 0 Å². The first kappa shape index (κ1) is 13.9. The summed E-state index contributed by atoms with van der Waals surface area (Å²) >= 11 is 0. The molecule has 0 fully saturated rings. The van der Waals surface area contributed by atoms with E-state index in [0.29, 0.717) is 5.75 Å². The van der Waals surface area contributed by atoms with E-state index < -0.39 is 0 Å². The lowest BCUT2D eigenvalue weighted by Gasteiger charge is -1.82. The molecule has 0 radical (unpaired) electrons. The highest BCUT2D eigenvalue weighted by Crippen LogP contribution is 2.02. The van der Waals surface area contributed by atoms with Crippen molar-refractivity contribution in [2.24, 2.45) is 0 Å². The van der Waals surface area contributed by atoms with Crippen LogP contribution < -0.4 is 0 Å². The molecule has 2 heteroatoms. The lowest BCUT2D eigenvalue weighted by atomic mass is 10.3. The fraction of sp³-hybridized carbons (Fsp3) is 0.0714. The van der Waals surface area contributed by atoms with Crippen LogP contribution in [0.3, 0.4) is 0 Å². The van der Waals surface area contributed by atoms with Crippen LogP contribution in [0.5, 0.6) is 5.75 Å². The van der Waals surface area contributed by atoms with Crippen molar-refractivity contribution < 1.29 is 5.11 Å². The Kier molecular flexibility index (Phi) is 9.55. The molecular formula is C14H17NO. The minimum absolute atomic E-state index is 0.322. The molecule has 1 aromatic carbocycles. The van der Waals surface area contributed by atoms with Crippen molar-refractivity contribution in [1.29, 1.82) is 0 Å². The van der Waals surface area contributed by atoms with E-state index in [1.54, 1.807) is 42.7 Å². The number of nitrogens with zero attached hydrogens (tertiary/aromatic N) is 1. The first-order valence-electron chi connectivity index (χ1n) is 4.97. The van der Waals surface area contributed by atoms with Gasteiger partial charge in [0, 0.05) is 12.4 Å². The smallest absolute Gasteiger partial charge is 0.115 e. The van der Waals surface area contributed by atoms with Gasteiger partial charge in [0.25, 0.3) is 0 Å². The molecule has 0 spiro atoms. The van der Waals surface area contributed by atoms with Crippen LogP contribution in [0.25, 0.3) is 0 Å². The molecule has 0 saturated carbocycles. The van der Waals surface area contributed by atoms with Crippen LogP contribution in [0.15, 0.2) is 73.6 Å². The van der Waals surface area contributed by atoms with E-state index in [4.69, 9.17) is 5.11 Å².